The number of allylic oxidation sites excluding steroid dienone is 1. The van der Waals surface area contributed by atoms with E-state index in [1.54, 1.807) is 24.3 Å². The van der Waals surface area contributed by atoms with Gasteiger partial charge in [0.25, 0.3) is 0 Å². The predicted molar refractivity (Wildman–Crippen MR) is 138 cm³/mol. The van der Waals surface area contributed by atoms with Gasteiger partial charge in [-0.3, -0.25) is 4.79 Å². The van der Waals surface area contributed by atoms with Gasteiger partial charge in [-0.1, -0.05) is 25.5 Å². The Labute approximate surface area is 223 Å². The first kappa shape index (κ1) is 25.2. The number of hydrogen-bond donors (Lipinski definition) is 2. The number of carbonyl (C=O) groups is 3. The van der Waals surface area contributed by atoms with E-state index >= 15 is 0 Å². The number of aliphatic carboxylic acids is 1. The van der Waals surface area contributed by atoms with Crippen LogP contribution in [0.15, 0.2) is 35.9 Å². The molecule has 1 aromatic carbocycles. The first-order chi connectivity index (χ1) is 16.4. The molecule has 188 valence electrons. The number of hydrogen-bond acceptors (Lipinski definition) is 5. The van der Waals surface area contributed by atoms with Crippen molar-refractivity contribution in [2.45, 2.75) is 75.4 Å². The van der Waals surface area contributed by atoms with Gasteiger partial charge in [-0.15, -0.1) is 11.6 Å². The smallest absolute Gasteiger partial charge is 0.351 e. The van der Waals surface area contributed by atoms with Crippen molar-refractivity contribution in [2.75, 3.05) is 0 Å². The van der Waals surface area contributed by atoms with E-state index in [1.165, 1.54) is 0 Å². The Balaban J connectivity index is 1.54. The summed E-state index contributed by atoms with van der Waals surface area (Å²) < 4.78 is 6.68. The minimum Gasteiger partial charge on any atom is -0.478 e. The van der Waals surface area contributed by atoms with Gasteiger partial charge in [0.1, 0.15) is 6.10 Å². The molecule has 1 aromatic rings. The van der Waals surface area contributed by atoms with Crippen LogP contribution in [0.4, 0.5) is 0 Å². The SMILES string of the molecule is C[C@]12CC[C@]3(Cl)[C@@H](CCC4=CC(=O)CC[C@@]43C)[C@@H]1CC(O)C2(OC(=O)c1cccc(I)c1)C(=O)O. The van der Waals surface area contributed by atoms with Crippen LogP contribution in [0, 0.1) is 26.2 Å². The minimum atomic E-state index is -2.06. The number of carboxylic acid groups (broad SMARTS) is 1. The summed E-state index contributed by atoms with van der Waals surface area (Å²) in [5.74, 6) is -2.23. The van der Waals surface area contributed by atoms with Crippen LogP contribution in [0.3, 0.4) is 0 Å². The summed E-state index contributed by atoms with van der Waals surface area (Å²) in [6, 6.07) is 6.78. The second-order valence-electron chi connectivity index (χ2n) is 11.2. The molecule has 0 radical (unpaired) electrons. The van der Waals surface area contributed by atoms with Gasteiger partial charge in [0.05, 0.1) is 10.4 Å². The van der Waals surface area contributed by atoms with E-state index in [4.69, 9.17) is 16.3 Å². The largest absolute Gasteiger partial charge is 0.478 e. The minimum absolute atomic E-state index is 0.0643. The molecule has 2 unspecified atom stereocenters. The molecular formula is C27H30ClIO6. The Bertz CT molecular complexity index is 1150. The highest BCUT2D eigenvalue weighted by Gasteiger charge is 2.75. The number of ketones is 1. The molecule has 4 aliphatic carbocycles. The molecule has 5 rings (SSSR count). The molecule has 4 aliphatic rings. The fourth-order valence-corrected chi connectivity index (χ4v) is 9.01. The van der Waals surface area contributed by atoms with Crippen molar-refractivity contribution in [3.63, 3.8) is 0 Å². The maximum absolute atomic E-state index is 13.2. The Morgan fingerprint density at radius 1 is 1.14 bits per heavy atom. The molecule has 0 amide bonds. The average Bonchev–Trinajstić information content (AvgIpc) is 3.02. The van der Waals surface area contributed by atoms with E-state index in [-0.39, 0.29) is 35.0 Å². The zero-order valence-corrected chi connectivity index (χ0v) is 22.8. The van der Waals surface area contributed by atoms with Crippen LogP contribution in [0.5, 0.6) is 0 Å². The number of esters is 1. The number of fused-ring (bicyclic) bond motifs is 5. The number of aliphatic hydroxyl groups is 1. The summed E-state index contributed by atoms with van der Waals surface area (Å²) in [7, 11) is 0. The van der Waals surface area contributed by atoms with Crippen LogP contribution in [0.2, 0.25) is 0 Å². The Morgan fingerprint density at radius 2 is 1.89 bits per heavy atom. The third kappa shape index (κ3) is 3.33. The molecule has 0 saturated heterocycles. The number of halogens is 2. The lowest BCUT2D eigenvalue weighted by Crippen LogP contribution is -2.65. The summed E-state index contributed by atoms with van der Waals surface area (Å²) in [6.45, 7) is 3.98. The number of ether oxygens (including phenoxy) is 1. The van der Waals surface area contributed by atoms with Crippen molar-refractivity contribution in [1.29, 1.82) is 0 Å². The standard InChI is InChI=1S/C27H30ClIO6/c1-24-9-8-18(30)13-16(24)6-7-19-20-14-21(31)27(23(33)34,25(20,2)10-11-26(19,24)28)35-22(32)15-4-3-5-17(29)12-15/h3-5,12-13,19-21,31H,6-11,14H2,1-2H3,(H,33,34)/t19-,20-,21?,24-,25-,26-,27?/m0/s1. The normalized spacial score (nSPS) is 42.4. The summed E-state index contributed by atoms with van der Waals surface area (Å²) in [4.78, 5) is 37.5. The average molecular weight is 613 g/mol. The summed E-state index contributed by atoms with van der Waals surface area (Å²) in [5, 5.41) is 21.8. The number of carbonyl (C=O) groups excluding carboxylic acids is 2. The first-order valence-electron chi connectivity index (χ1n) is 12.2. The van der Waals surface area contributed by atoms with E-state index in [9.17, 15) is 24.6 Å². The van der Waals surface area contributed by atoms with Crippen molar-refractivity contribution in [3.8, 4) is 0 Å². The maximum atomic E-state index is 13.2. The molecule has 0 aliphatic heterocycles. The molecule has 6 nitrogen and oxygen atoms in total. The lowest BCUT2D eigenvalue weighted by atomic mass is 9.46. The molecule has 0 aromatic heterocycles. The Hall–Kier alpha value is -1.45. The Morgan fingerprint density at radius 3 is 2.57 bits per heavy atom. The summed E-state index contributed by atoms with van der Waals surface area (Å²) in [5.41, 5.74) is -2.05. The van der Waals surface area contributed by atoms with Crippen molar-refractivity contribution in [1.82, 2.24) is 0 Å². The van der Waals surface area contributed by atoms with Crippen molar-refractivity contribution < 1.29 is 29.3 Å². The fraction of sp³-hybridized carbons (Fsp3) is 0.593. The second kappa shape index (κ2) is 8.28. The van der Waals surface area contributed by atoms with Crippen LogP contribution in [-0.2, 0) is 14.3 Å². The van der Waals surface area contributed by atoms with Gasteiger partial charge in [0, 0.05) is 20.8 Å². The molecule has 7 atom stereocenters. The molecule has 0 spiro atoms. The first-order valence-corrected chi connectivity index (χ1v) is 13.7. The van der Waals surface area contributed by atoms with Crippen LogP contribution >= 0.6 is 34.2 Å². The third-order valence-corrected chi connectivity index (χ3v) is 11.4. The van der Waals surface area contributed by atoms with Gasteiger partial charge in [0.2, 0.25) is 5.60 Å². The van der Waals surface area contributed by atoms with E-state index in [2.05, 4.69) is 29.5 Å². The Kier molecular flexibility index (Phi) is 5.96. The van der Waals surface area contributed by atoms with Crippen LogP contribution in [0.25, 0.3) is 0 Å². The number of aliphatic hydroxyl groups excluding tert-OH is 1. The van der Waals surface area contributed by atoms with E-state index < -0.39 is 33.9 Å². The van der Waals surface area contributed by atoms with Gasteiger partial charge < -0.3 is 14.9 Å². The van der Waals surface area contributed by atoms with Crippen molar-refractivity contribution in [2.24, 2.45) is 22.7 Å². The van der Waals surface area contributed by atoms with Gasteiger partial charge >= 0.3 is 11.9 Å². The molecule has 2 N–H and O–H groups in total. The molecule has 35 heavy (non-hydrogen) atoms. The number of rotatable bonds is 3. The van der Waals surface area contributed by atoms with Crippen LogP contribution < -0.4 is 0 Å². The van der Waals surface area contributed by atoms with Crippen LogP contribution in [0.1, 0.15) is 69.2 Å². The zero-order valence-electron chi connectivity index (χ0n) is 19.9. The van der Waals surface area contributed by atoms with Gasteiger partial charge in [-0.2, -0.15) is 0 Å². The van der Waals surface area contributed by atoms with Gasteiger partial charge in [-0.05, 0) is 97.2 Å². The molecular weight excluding hydrogens is 583 g/mol. The predicted octanol–water partition coefficient (Wildman–Crippen LogP) is 5.14. The zero-order chi connectivity index (χ0) is 25.4. The highest BCUT2D eigenvalue weighted by atomic mass is 127. The van der Waals surface area contributed by atoms with E-state index in [0.717, 1.165) is 15.6 Å². The molecule has 0 bridgehead atoms. The molecule has 3 saturated carbocycles. The summed E-state index contributed by atoms with van der Waals surface area (Å²) in [6.07, 6.45) is 4.12. The van der Waals surface area contributed by atoms with Gasteiger partial charge in [-0.25, -0.2) is 9.59 Å². The molecule has 3 fully saturated rings. The molecule has 0 heterocycles. The van der Waals surface area contributed by atoms with Crippen molar-refractivity contribution >= 4 is 51.9 Å². The second-order valence-corrected chi connectivity index (χ2v) is 13.1. The maximum Gasteiger partial charge on any atom is 0.351 e. The summed E-state index contributed by atoms with van der Waals surface area (Å²) >= 11 is 9.60. The number of benzene rings is 1. The quantitative estimate of drug-likeness (QED) is 0.279. The monoisotopic (exact) mass is 612 g/mol. The number of carboxylic acids is 1. The van der Waals surface area contributed by atoms with E-state index in [0.29, 0.717) is 32.1 Å². The lowest BCUT2D eigenvalue weighted by Gasteiger charge is -2.63. The third-order valence-electron chi connectivity index (χ3n) is 9.88. The van der Waals surface area contributed by atoms with Gasteiger partial charge in [0.15, 0.2) is 5.78 Å². The topological polar surface area (TPSA) is 101 Å². The molecule has 8 heteroatoms. The highest BCUT2D eigenvalue weighted by Crippen LogP contribution is 2.71. The lowest BCUT2D eigenvalue weighted by molar-refractivity contribution is -0.194. The number of alkyl halides is 1. The van der Waals surface area contributed by atoms with E-state index in [1.807, 2.05) is 13.0 Å². The van der Waals surface area contributed by atoms with Crippen LogP contribution in [-0.4, -0.2) is 44.5 Å². The fourth-order valence-electron chi connectivity index (χ4n) is 7.89. The van der Waals surface area contributed by atoms with Crippen molar-refractivity contribution in [3.05, 3.63) is 45.0 Å². The highest BCUT2D eigenvalue weighted by molar-refractivity contribution is 14.1.